The molecule has 0 saturated carbocycles. The van der Waals surface area contributed by atoms with Gasteiger partial charge in [-0.05, 0) is 30.9 Å². The number of nitrogens with zero attached hydrogens (tertiary/aromatic N) is 2. The summed E-state index contributed by atoms with van der Waals surface area (Å²) < 4.78 is 5.07. The number of hydrogen-bond donors (Lipinski definition) is 1. The fraction of sp³-hybridized carbons (Fsp3) is 0.562. The molecule has 0 saturated heterocycles. The van der Waals surface area contributed by atoms with Gasteiger partial charge in [0.1, 0.15) is 0 Å². The molecule has 1 heterocycles. The number of ether oxygens (including phenoxy) is 1. The van der Waals surface area contributed by atoms with Crippen molar-refractivity contribution >= 4 is 29.9 Å². The number of methoxy groups -OCH3 is 1. The molecule has 0 spiro atoms. The van der Waals surface area contributed by atoms with Crippen LogP contribution in [-0.4, -0.2) is 44.2 Å². The summed E-state index contributed by atoms with van der Waals surface area (Å²) in [6, 6.07) is 8.69. The summed E-state index contributed by atoms with van der Waals surface area (Å²) in [7, 11) is 1.73. The third-order valence-corrected chi connectivity index (χ3v) is 3.53. The zero-order valence-electron chi connectivity index (χ0n) is 13.0. The highest BCUT2D eigenvalue weighted by atomic mass is 127. The number of aliphatic imine (C=N–C) groups is 1. The van der Waals surface area contributed by atoms with Gasteiger partial charge >= 0.3 is 0 Å². The lowest BCUT2D eigenvalue weighted by Gasteiger charge is -2.31. The maximum Gasteiger partial charge on any atom is 0.194 e. The average Bonchev–Trinajstić information content (AvgIpc) is 2.50. The van der Waals surface area contributed by atoms with Gasteiger partial charge in [-0.1, -0.05) is 24.3 Å². The van der Waals surface area contributed by atoms with E-state index < -0.39 is 0 Å². The van der Waals surface area contributed by atoms with Gasteiger partial charge in [0.05, 0.1) is 0 Å². The Balaban J connectivity index is 0.00000220. The standard InChI is InChI=1S/C16H25N3O.HI/c1-3-17-16(18-10-6-12-20-2)19-11-9-14-7-4-5-8-15(14)13-19;/h4-5,7-8H,3,6,9-13H2,1-2H3,(H,17,18);1H. The predicted molar refractivity (Wildman–Crippen MR) is 98.4 cm³/mol. The first-order valence-corrected chi connectivity index (χ1v) is 7.44. The number of benzene rings is 1. The van der Waals surface area contributed by atoms with Gasteiger partial charge in [0.25, 0.3) is 0 Å². The smallest absolute Gasteiger partial charge is 0.194 e. The van der Waals surface area contributed by atoms with E-state index in [1.807, 2.05) is 0 Å². The van der Waals surface area contributed by atoms with Crippen LogP contribution in [0, 0.1) is 0 Å². The zero-order chi connectivity index (χ0) is 14.2. The number of halogens is 1. The molecule has 1 aliphatic rings. The van der Waals surface area contributed by atoms with E-state index in [0.717, 1.165) is 51.6 Å². The second-order valence-corrected chi connectivity index (χ2v) is 5.02. The maximum absolute atomic E-state index is 5.07. The van der Waals surface area contributed by atoms with Crippen molar-refractivity contribution in [2.24, 2.45) is 4.99 Å². The van der Waals surface area contributed by atoms with Crippen LogP contribution in [0.25, 0.3) is 0 Å². The SMILES string of the molecule is CCNC(=NCCCOC)N1CCc2ccccc2C1.I. The summed E-state index contributed by atoms with van der Waals surface area (Å²) in [5.41, 5.74) is 2.89. The highest BCUT2D eigenvalue weighted by Crippen LogP contribution is 2.18. The summed E-state index contributed by atoms with van der Waals surface area (Å²) in [4.78, 5) is 7.04. The molecule has 1 aromatic rings. The van der Waals surface area contributed by atoms with Crippen molar-refractivity contribution in [2.45, 2.75) is 26.3 Å². The Morgan fingerprint density at radius 1 is 1.33 bits per heavy atom. The van der Waals surface area contributed by atoms with Gasteiger partial charge in [0.2, 0.25) is 0 Å². The van der Waals surface area contributed by atoms with Gasteiger partial charge in [-0.2, -0.15) is 0 Å². The quantitative estimate of drug-likeness (QED) is 0.356. The lowest BCUT2D eigenvalue weighted by molar-refractivity contribution is 0.197. The molecule has 1 aromatic carbocycles. The lowest BCUT2D eigenvalue weighted by Crippen LogP contribution is -2.44. The summed E-state index contributed by atoms with van der Waals surface area (Å²) >= 11 is 0. The van der Waals surface area contributed by atoms with Crippen molar-refractivity contribution in [1.29, 1.82) is 0 Å². The average molecular weight is 403 g/mol. The second kappa shape index (κ2) is 10.00. The van der Waals surface area contributed by atoms with Crippen LogP contribution >= 0.6 is 24.0 Å². The Morgan fingerprint density at radius 3 is 2.81 bits per heavy atom. The van der Waals surface area contributed by atoms with E-state index in [4.69, 9.17) is 9.73 Å². The van der Waals surface area contributed by atoms with E-state index in [2.05, 4.69) is 41.4 Å². The van der Waals surface area contributed by atoms with Crippen molar-refractivity contribution in [3.63, 3.8) is 0 Å². The van der Waals surface area contributed by atoms with E-state index in [9.17, 15) is 0 Å². The van der Waals surface area contributed by atoms with Crippen LogP contribution in [0.2, 0.25) is 0 Å². The number of nitrogens with one attached hydrogen (secondary N) is 1. The van der Waals surface area contributed by atoms with Crippen molar-refractivity contribution in [2.75, 3.05) is 33.4 Å². The molecule has 0 fully saturated rings. The van der Waals surface area contributed by atoms with Crippen LogP contribution in [0.1, 0.15) is 24.5 Å². The first-order valence-electron chi connectivity index (χ1n) is 7.44. The van der Waals surface area contributed by atoms with Gasteiger partial charge in [-0.3, -0.25) is 4.99 Å². The lowest BCUT2D eigenvalue weighted by atomic mass is 10.0. The summed E-state index contributed by atoms with van der Waals surface area (Å²) in [5.74, 6) is 1.03. The fourth-order valence-corrected chi connectivity index (χ4v) is 2.50. The van der Waals surface area contributed by atoms with E-state index in [-0.39, 0.29) is 24.0 Å². The highest BCUT2D eigenvalue weighted by Gasteiger charge is 2.18. The van der Waals surface area contributed by atoms with Gasteiger partial charge in [-0.15, -0.1) is 24.0 Å². The molecule has 1 N–H and O–H groups in total. The first kappa shape index (κ1) is 18.2. The summed E-state index contributed by atoms with van der Waals surface area (Å²) in [6.45, 7) is 6.59. The topological polar surface area (TPSA) is 36.9 Å². The molecule has 5 heteroatoms. The molecule has 0 radical (unpaired) electrons. The molecule has 0 atom stereocenters. The van der Waals surface area contributed by atoms with Crippen molar-refractivity contribution in [3.05, 3.63) is 35.4 Å². The minimum Gasteiger partial charge on any atom is -0.385 e. The van der Waals surface area contributed by atoms with Gasteiger partial charge in [-0.25, -0.2) is 0 Å². The molecule has 0 aromatic heterocycles. The van der Waals surface area contributed by atoms with Gasteiger partial charge < -0.3 is 15.0 Å². The third kappa shape index (κ3) is 5.47. The summed E-state index contributed by atoms with van der Waals surface area (Å²) in [6.07, 6.45) is 2.06. The molecule has 2 rings (SSSR count). The normalized spacial score (nSPS) is 14.4. The van der Waals surface area contributed by atoms with Gasteiger partial charge in [0.15, 0.2) is 5.96 Å². The van der Waals surface area contributed by atoms with Crippen LogP contribution in [0.15, 0.2) is 29.3 Å². The monoisotopic (exact) mass is 403 g/mol. The van der Waals surface area contributed by atoms with Crippen LogP contribution in [0.4, 0.5) is 0 Å². The van der Waals surface area contributed by atoms with Crippen LogP contribution in [-0.2, 0) is 17.7 Å². The molecular formula is C16H26IN3O. The zero-order valence-corrected chi connectivity index (χ0v) is 15.3. The molecule has 0 amide bonds. The molecule has 0 unspecified atom stereocenters. The van der Waals surface area contributed by atoms with E-state index in [1.54, 1.807) is 7.11 Å². The van der Waals surface area contributed by atoms with Crippen LogP contribution in [0.3, 0.4) is 0 Å². The second-order valence-electron chi connectivity index (χ2n) is 5.02. The molecule has 21 heavy (non-hydrogen) atoms. The number of hydrogen-bond acceptors (Lipinski definition) is 2. The third-order valence-electron chi connectivity index (χ3n) is 3.53. The fourth-order valence-electron chi connectivity index (χ4n) is 2.50. The maximum atomic E-state index is 5.07. The van der Waals surface area contributed by atoms with Crippen LogP contribution in [0.5, 0.6) is 0 Å². The molecule has 4 nitrogen and oxygen atoms in total. The largest absolute Gasteiger partial charge is 0.385 e. The molecule has 118 valence electrons. The summed E-state index contributed by atoms with van der Waals surface area (Å²) in [5, 5.41) is 3.40. The van der Waals surface area contributed by atoms with Crippen molar-refractivity contribution in [3.8, 4) is 0 Å². The Labute approximate surface area is 145 Å². The Morgan fingerprint density at radius 2 is 2.10 bits per heavy atom. The van der Waals surface area contributed by atoms with Crippen molar-refractivity contribution < 1.29 is 4.74 Å². The number of rotatable bonds is 5. The Bertz CT molecular complexity index is 451. The van der Waals surface area contributed by atoms with E-state index in [0.29, 0.717) is 0 Å². The van der Waals surface area contributed by atoms with Crippen molar-refractivity contribution in [1.82, 2.24) is 10.2 Å². The van der Waals surface area contributed by atoms with Gasteiger partial charge in [0, 0.05) is 39.9 Å². The minimum atomic E-state index is 0. The van der Waals surface area contributed by atoms with E-state index in [1.165, 1.54) is 11.1 Å². The Kier molecular flexibility index (Phi) is 8.68. The molecule has 1 aliphatic heterocycles. The first-order chi connectivity index (χ1) is 9.85. The number of fused-ring (bicyclic) bond motifs is 1. The van der Waals surface area contributed by atoms with Crippen LogP contribution < -0.4 is 5.32 Å². The molecule has 0 bridgehead atoms. The minimum absolute atomic E-state index is 0. The number of guanidine groups is 1. The molecule has 0 aliphatic carbocycles. The predicted octanol–water partition coefficient (Wildman–Crippen LogP) is 2.66. The highest BCUT2D eigenvalue weighted by molar-refractivity contribution is 14.0. The Hall–Kier alpha value is -0.820. The van der Waals surface area contributed by atoms with E-state index >= 15 is 0 Å². The molecular weight excluding hydrogens is 377 g/mol.